The Bertz CT molecular complexity index is 353. The van der Waals surface area contributed by atoms with Crippen molar-refractivity contribution in [1.29, 1.82) is 0 Å². The normalized spacial score (nSPS) is 32.9. The van der Waals surface area contributed by atoms with Crippen molar-refractivity contribution in [3.05, 3.63) is 0 Å². The lowest BCUT2D eigenvalue weighted by Crippen LogP contribution is -2.40. The smallest absolute Gasteiger partial charge is 0.332 e. The van der Waals surface area contributed by atoms with E-state index in [0.29, 0.717) is 5.41 Å². The molecule has 2 atom stereocenters. The van der Waals surface area contributed by atoms with Gasteiger partial charge in [-0.15, -0.1) is 0 Å². The van der Waals surface area contributed by atoms with Gasteiger partial charge in [0.25, 0.3) is 0 Å². The summed E-state index contributed by atoms with van der Waals surface area (Å²) in [6.45, 7) is 2.26. The summed E-state index contributed by atoms with van der Waals surface area (Å²) in [6.07, 6.45) is 12.7. The first-order valence-corrected chi connectivity index (χ1v) is 7.77. The molecule has 19 heavy (non-hydrogen) atoms. The predicted octanol–water partition coefficient (Wildman–Crippen LogP) is 3.56. The molecule has 0 aromatic rings. The van der Waals surface area contributed by atoms with Gasteiger partial charge in [0.2, 0.25) is 0 Å². The van der Waals surface area contributed by atoms with Gasteiger partial charge in [-0.1, -0.05) is 32.6 Å². The second kappa shape index (κ2) is 6.40. The SMILES string of the molecule is CCCC[C@]12CCCC[C@@H]1CC/C(=N/NC(N)=O)C2. The second-order valence-electron chi connectivity index (χ2n) is 6.28. The van der Waals surface area contributed by atoms with Gasteiger partial charge in [-0.25, -0.2) is 10.2 Å². The Labute approximate surface area is 116 Å². The van der Waals surface area contributed by atoms with E-state index in [4.69, 9.17) is 5.73 Å². The van der Waals surface area contributed by atoms with Gasteiger partial charge in [-0.05, 0) is 49.9 Å². The number of fused-ring (bicyclic) bond motifs is 1. The Morgan fingerprint density at radius 1 is 1.47 bits per heavy atom. The van der Waals surface area contributed by atoms with Crippen LogP contribution in [-0.2, 0) is 0 Å². The Kier molecular flexibility index (Phi) is 4.83. The fourth-order valence-electron chi connectivity index (χ4n) is 4.07. The number of hydrazone groups is 1. The molecule has 2 fully saturated rings. The molecule has 2 saturated carbocycles. The number of amides is 2. The van der Waals surface area contributed by atoms with Crippen LogP contribution in [0.3, 0.4) is 0 Å². The summed E-state index contributed by atoms with van der Waals surface area (Å²) in [7, 11) is 0. The first kappa shape index (κ1) is 14.4. The number of nitrogens with zero attached hydrogens (tertiary/aromatic N) is 1. The molecule has 0 unspecified atom stereocenters. The van der Waals surface area contributed by atoms with Crippen LogP contribution in [0.2, 0.25) is 0 Å². The highest BCUT2D eigenvalue weighted by Crippen LogP contribution is 2.52. The zero-order valence-corrected chi connectivity index (χ0v) is 12.1. The van der Waals surface area contributed by atoms with Crippen LogP contribution in [0.4, 0.5) is 4.79 Å². The largest absolute Gasteiger partial charge is 0.350 e. The van der Waals surface area contributed by atoms with E-state index >= 15 is 0 Å². The van der Waals surface area contributed by atoms with Crippen LogP contribution in [0.5, 0.6) is 0 Å². The molecule has 4 nitrogen and oxygen atoms in total. The van der Waals surface area contributed by atoms with Crippen LogP contribution < -0.4 is 11.2 Å². The minimum absolute atomic E-state index is 0.463. The number of carbonyl (C=O) groups is 1. The summed E-state index contributed by atoms with van der Waals surface area (Å²) >= 11 is 0. The van der Waals surface area contributed by atoms with Crippen LogP contribution in [-0.4, -0.2) is 11.7 Å². The van der Waals surface area contributed by atoms with Crippen LogP contribution in [0.15, 0.2) is 5.10 Å². The van der Waals surface area contributed by atoms with Gasteiger partial charge in [0, 0.05) is 5.71 Å². The van der Waals surface area contributed by atoms with E-state index in [1.54, 1.807) is 0 Å². The Morgan fingerprint density at radius 3 is 3.05 bits per heavy atom. The Hall–Kier alpha value is -1.06. The molecule has 0 aromatic heterocycles. The maximum atomic E-state index is 10.8. The predicted molar refractivity (Wildman–Crippen MR) is 77.9 cm³/mol. The van der Waals surface area contributed by atoms with E-state index in [2.05, 4.69) is 17.5 Å². The number of urea groups is 1. The van der Waals surface area contributed by atoms with Crippen molar-refractivity contribution in [2.45, 2.75) is 71.1 Å². The molecular formula is C15H27N3O. The highest BCUT2D eigenvalue weighted by atomic mass is 16.2. The van der Waals surface area contributed by atoms with E-state index in [1.165, 1.54) is 51.4 Å². The molecule has 0 spiro atoms. The van der Waals surface area contributed by atoms with Gasteiger partial charge in [-0.2, -0.15) is 5.10 Å². The van der Waals surface area contributed by atoms with E-state index in [9.17, 15) is 4.79 Å². The number of carbonyl (C=O) groups excluding carboxylic acids is 1. The number of nitrogens with one attached hydrogen (secondary N) is 1. The fourth-order valence-corrected chi connectivity index (χ4v) is 4.07. The van der Waals surface area contributed by atoms with Crippen LogP contribution in [0.25, 0.3) is 0 Å². The van der Waals surface area contributed by atoms with Gasteiger partial charge < -0.3 is 5.73 Å². The molecule has 0 saturated heterocycles. The molecule has 2 rings (SSSR count). The Morgan fingerprint density at radius 2 is 2.32 bits per heavy atom. The van der Waals surface area contributed by atoms with E-state index in [0.717, 1.165) is 24.5 Å². The van der Waals surface area contributed by atoms with Crippen molar-refractivity contribution in [2.24, 2.45) is 22.2 Å². The van der Waals surface area contributed by atoms with Crippen molar-refractivity contribution < 1.29 is 4.79 Å². The summed E-state index contributed by atoms with van der Waals surface area (Å²) in [4.78, 5) is 10.8. The number of hydrogen-bond acceptors (Lipinski definition) is 2. The summed E-state index contributed by atoms with van der Waals surface area (Å²) in [6, 6.07) is -0.555. The highest BCUT2D eigenvalue weighted by molar-refractivity contribution is 5.87. The number of nitrogens with two attached hydrogens (primary N) is 1. The van der Waals surface area contributed by atoms with Gasteiger partial charge in [0.05, 0.1) is 0 Å². The highest BCUT2D eigenvalue weighted by Gasteiger charge is 2.43. The average Bonchev–Trinajstić information content (AvgIpc) is 2.42. The lowest BCUT2D eigenvalue weighted by molar-refractivity contribution is 0.0701. The monoisotopic (exact) mass is 265 g/mol. The minimum Gasteiger partial charge on any atom is -0.350 e. The number of hydrogen-bond donors (Lipinski definition) is 2. The molecule has 2 aliphatic rings. The number of unbranched alkanes of at least 4 members (excludes halogenated alkanes) is 1. The van der Waals surface area contributed by atoms with E-state index in [1.807, 2.05) is 0 Å². The minimum atomic E-state index is -0.555. The summed E-state index contributed by atoms with van der Waals surface area (Å²) in [5.41, 5.74) is 9.12. The zero-order valence-electron chi connectivity index (χ0n) is 12.1. The molecule has 0 bridgehead atoms. The first-order chi connectivity index (χ1) is 9.16. The summed E-state index contributed by atoms with van der Waals surface area (Å²) in [5, 5.41) is 4.22. The number of primary amides is 1. The molecular weight excluding hydrogens is 238 g/mol. The number of rotatable bonds is 4. The lowest BCUT2D eigenvalue weighted by atomic mass is 9.57. The zero-order chi connectivity index (χ0) is 13.7. The molecule has 4 heteroatoms. The molecule has 0 heterocycles. The van der Waals surface area contributed by atoms with Crippen molar-refractivity contribution in [1.82, 2.24) is 5.43 Å². The summed E-state index contributed by atoms with van der Waals surface area (Å²) in [5.74, 6) is 0.875. The fraction of sp³-hybridized carbons (Fsp3) is 0.867. The van der Waals surface area contributed by atoms with Gasteiger partial charge in [-0.3, -0.25) is 0 Å². The standard InChI is InChI=1S/C15H27N3O/c1-2-3-9-15-10-5-4-6-12(15)7-8-13(11-15)17-18-14(16)19/h12H,2-11H2,1H3,(H3,16,18,19)/b17-13-/t12-,15-/m1/s1. The molecule has 2 amide bonds. The maximum Gasteiger partial charge on any atom is 0.332 e. The third kappa shape index (κ3) is 3.48. The maximum absolute atomic E-state index is 10.8. The molecule has 0 radical (unpaired) electrons. The lowest BCUT2D eigenvalue weighted by Gasteiger charge is -2.48. The topological polar surface area (TPSA) is 67.5 Å². The third-order valence-corrected chi connectivity index (χ3v) is 5.03. The van der Waals surface area contributed by atoms with Crippen molar-refractivity contribution in [2.75, 3.05) is 0 Å². The van der Waals surface area contributed by atoms with Crippen molar-refractivity contribution in [3.8, 4) is 0 Å². The van der Waals surface area contributed by atoms with Crippen molar-refractivity contribution >= 4 is 11.7 Å². The molecule has 2 aliphatic carbocycles. The van der Waals surface area contributed by atoms with E-state index < -0.39 is 6.03 Å². The van der Waals surface area contributed by atoms with Gasteiger partial charge in [0.15, 0.2) is 0 Å². The van der Waals surface area contributed by atoms with E-state index in [-0.39, 0.29) is 0 Å². The second-order valence-corrected chi connectivity index (χ2v) is 6.28. The average molecular weight is 265 g/mol. The third-order valence-electron chi connectivity index (χ3n) is 5.03. The van der Waals surface area contributed by atoms with Gasteiger partial charge >= 0.3 is 6.03 Å². The van der Waals surface area contributed by atoms with Crippen LogP contribution >= 0.6 is 0 Å². The van der Waals surface area contributed by atoms with Crippen molar-refractivity contribution in [3.63, 3.8) is 0 Å². The molecule has 0 aliphatic heterocycles. The molecule has 0 aromatic carbocycles. The van der Waals surface area contributed by atoms with Crippen LogP contribution in [0.1, 0.15) is 71.1 Å². The summed E-state index contributed by atoms with van der Waals surface area (Å²) < 4.78 is 0. The first-order valence-electron chi connectivity index (χ1n) is 7.77. The van der Waals surface area contributed by atoms with Gasteiger partial charge in [0.1, 0.15) is 0 Å². The van der Waals surface area contributed by atoms with Crippen LogP contribution in [0, 0.1) is 11.3 Å². The molecule has 108 valence electrons. The molecule has 3 N–H and O–H groups in total. The quantitative estimate of drug-likeness (QED) is 0.750. The Balaban J connectivity index is 2.07.